The number of hydrogen-bond acceptors (Lipinski definition) is 4. The van der Waals surface area contributed by atoms with E-state index in [1.165, 1.54) is 16.9 Å². The van der Waals surface area contributed by atoms with Crippen molar-refractivity contribution in [3.05, 3.63) is 21.4 Å². The minimum absolute atomic E-state index is 0.00546. The van der Waals surface area contributed by atoms with E-state index in [-0.39, 0.29) is 5.91 Å². The number of carbonyl (C=O) groups excluding carboxylic acids is 1. The molecule has 0 aromatic carbocycles. The van der Waals surface area contributed by atoms with Crippen LogP contribution in [0.2, 0.25) is 0 Å². The van der Waals surface area contributed by atoms with Crippen molar-refractivity contribution in [1.29, 1.82) is 0 Å². The molecule has 0 bridgehead atoms. The van der Waals surface area contributed by atoms with Crippen LogP contribution in [0.4, 0.5) is 0 Å². The van der Waals surface area contributed by atoms with E-state index in [9.17, 15) is 4.79 Å². The van der Waals surface area contributed by atoms with Crippen molar-refractivity contribution < 1.29 is 4.79 Å². The first kappa shape index (κ1) is 15.3. The Balaban J connectivity index is 1.78. The summed E-state index contributed by atoms with van der Waals surface area (Å²) < 4.78 is 0. The lowest BCUT2D eigenvalue weighted by atomic mass is 9.81. The quantitative estimate of drug-likeness (QED) is 0.829. The number of nitrogens with one attached hydrogen (secondary N) is 1. The molecule has 1 aromatic heterocycles. The summed E-state index contributed by atoms with van der Waals surface area (Å²) in [6, 6.07) is 2.05. The fraction of sp³-hybridized carbons (Fsp3) is 0.600. The Kier molecular flexibility index (Phi) is 4.57. The van der Waals surface area contributed by atoms with E-state index >= 15 is 0 Å². The zero-order chi connectivity index (χ0) is 14.9. The Hall–Kier alpha value is -0.590. The molecule has 1 amide bonds. The Bertz CT molecular complexity index is 538. The number of carbonyl (C=O) groups is 1. The van der Waals surface area contributed by atoms with Crippen molar-refractivity contribution in [2.24, 2.45) is 5.73 Å². The number of fused-ring (bicyclic) bond motifs is 1. The lowest BCUT2D eigenvalue weighted by Gasteiger charge is -2.37. The van der Waals surface area contributed by atoms with Gasteiger partial charge in [-0.15, -0.1) is 11.3 Å². The van der Waals surface area contributed by atoms with Gasteiger partial charge in [0.2, 0.25) is 0 Å². The van der Waals surface area contributed by atoms with E-state index in [2.05, 4.69) is 11.4 Å². The molecular formula is C15H20N2OS3. The minimum Gasteiger partial charge on any atom is -0.391 e. The number of nitrogens with two attached hydrogens (primary N) is 1. The molecule has 6 heteroatoms. The molecule has 1 aliphatic carbocycles. The molecule has 0 saturated heterocycles. The van der Waals surface area contributed by atoms with E-state index in [1.54, 1.807) is 11.3 Å². The average molecular weight is 341 g/mol. The molecule has 1 aliphatic heterocycles. The SMILES string of the molecule is NC(=S)C1(NC(=O)c2cc3c(s2)CCSC3)CCCCC1. The van der Waals surface area contributed by atoms with E-state index in [1.807, 2.05) is 11.8 Å². The van der Waals surface area contributed by atoms with Gasteiger partial charge in [-0.05, 0) is 36.6 Å². The van der Waals surface area contributed by atoms with Crippen LogP contribution >= 0.6 is 35.3 Å². The smallest absolute Gasteiger partial charge is 0.262 e. The third-order valence-corrected chi connectivity index (χ3v) is 7.02. The molecule has 0 spiro atoms. The first-order chi connectivity index (χ1) is 10.1. The maximum Gasteiger partial charge on any atom is 0.262 e. The van der Waals surface area contributed by atoms with Crippen LogP contribution in [0.1, 0.15) is 52.2 Å². The summed E-state index contributed by atoms with van der Waals surface area (Å²) in [4.78, 5) is 15.2. The number of thioether (sulfide) groups is 1. The third-order valence-electron chi connectivity index (χ3n) is 4.38. The van der Waals surface area contributed by atoms with Crippen LogP contribution in [0.5, 0.6) is 0 Å². The molecule has 2 aliphatic rings. The molecule has 0 unspecified atom stereocenters. The lowest BCUT2D eigenvalue weighted by Crippen LogP contribution is -2.57. The van der Waals surface area contributed by atoms with E-state index < -0.39 is 5.54 Å². The van der Waals surface area contributed by atoms with Gasteiger partial charge in [0.25, 0.3) is 5.91 Å². The number of thiophene rings is 1. The van der Waals surface area contributed by atoms with Crippen molar-refractivity contribution in [2.75, 3.05) is 5.75 Å². The molecule has 3 rings (SSSR count). The number of thiocarbonyl (C=S) groups is 1. The Morgan fingerprint density at radius 1 is 1.33 bits per heavy atom. The normalized spacial score (nSPS) is 20.6. The summed E-state index contributed by atoms with van der Waals surface area (Å²) in [6.45, 7) is 0. The first-order valence-electron chi connectivity index (χ1n) is 7.42. The topological polar surface area (TPSA) is 55.1 Å². The highest BCUT2D eigenvalue weighted by Gasteiger charge is 2.37. The van der Waals surface area contributed by atoms with Crippen LogP contribution in [-0.2, 0) is 12.2 Å². The highest BCUT2D eigenvalue weighted by atomic mass is 32.2. The van der Waals surface area contributed by atoms with Crippen molar-refractivity contribution in [3.63, 3.8) is 0 Å². The molecular weight excluding hydrogens is 320 g/mol. The summed E-state index contributed by atoms with van der Waals surface area (Å²) >= 11 is 8.82. The average Bonchev–Trinajstić information content (AvgIpc) is 2.92. The highest BCUT2D eigenvalue weighted by molar-refractivity contribution is 7.98. The third kappa shape index (κ3) is 3.12. The fourth-order valence-corrected chi connectivity index (χ4v) is 5.65. The zero-order valence-electron chi connectivity index (χ0n) is 11.9. The van der Waals surface area contributed by atoms with Gasteiger partial charge in [0.15, 0.2) is 0 Å². The van der Waals surface area contributed by atoms with E-state index in [4.69, 9.17) is 18.0 Å². The van der Waals surface area contributed by atoms with Crippen LogP contribution in [0.15, 0.2) is 6.07 Å². The molecule has 114 valence electrons. The first-order valence-corrected chi connectivity index (χ1v) is 9.80. The van der Waals surface area contributed by atoms with Crippen molar-refractivity contribution in [2.45, 2.75) is 49.8 Å². The monoisotopic (exact) mass is 340 g/mol. The lowest BCUT2D eigenvalue weighted by molar-refractivity contribution is 0.0912. The molecule has 3 nitrogen and oxygen atoms in total. The van der Waals surface area contributed by atoms with Crippen molar-refractivity contribution in [1.82, 2.24) is 5.32 Å². The summed E-state index contributed by atoms with van der Waals surface area (Å²) in [5.74, 6) is 2.18. The summed E-state index contributed by atoms with van der Waals surface area (Å²) in [5, 5.41) is 3.16. The van der Waals surface area contributed by atoms with Gasteiger partial charge < -0.3 is 11.1 Å². The van der Waals surface area contributed by atoms with Gasteiger partial charge in [0.1, 0.15) is 0 Å². The van der Waals surface area contributed by atoms with Crippen LogP contribution in [-0.4, -0.2) is 22.2 Å². The number of aryl methyl sites for hydroxylation is 1. The largest absolute Gasteiger partial charge is 0.391 e. The Morgan fingerprint density at radius 2 is 2.10 bits per heavy atom. The molecule has 0 radical (unpaired) electrons. The number of rotatable bonds is 3. The molecule has 1 saturated carbocycles. The maximum atomic E-state index is 12.6. The fourth-order valence-electron chi connectivity index (χ4n) is 3.13. The number of amides is 1. The summed E-state index contributed by atoms with van der Waals surface area (Å²) in [5.41, 5.74) is 6.80. The van der Waals surface area contributed by atoms with Gasteiger partial charge in [-0.1, -0.05) is 31.5 Å². The molecule has 3 N–H and O–H groups in total. The van der Waals surface area contributed by atoms with Crippen LogP contribution in [0.25, 0.3) is 0 Å². The second kappa shape index (κ2) is 6.26. The van der Waals surface area contributed by atoms with Crippen LogP contribution < -0.4 is 11.1 Å². The Labute approximate surface area is 139 Å². The number of hydrogen-bond donors (Lipinski definition) is 2. The van der Waals surface area contributed by atoms with E-state index in [0.29, 0.717) is 4.99 Å². The van der Waals surface area contributed by atoms with Gasteiger partial charge >= 0.3 is 0 Å². The van der Waals surface area contributed by atoms with Gasteiger partial charge in [0, 0.05) is 10.6 Å². The summed E-state index contributed by atoms with van der Waals surface area (Å²) in [7, 11) is 0. The predicted molar refractivity (Wildman–Crippen MR) is 94.3 cm³/mol. The van der Waals surface area contributed by atoms with Gasteiger partial charge in [0.05, 0.1) is 15.4 Å². The highest BCUT2D eigenvalue weighted by Crippen LogP contribution is 2.33. The predicted octanol–water partition coefficient (Wildman–Crippen LogP) is 3.26. The minimum atomic E-state index is -0.468. The molecule has 2 heterocycles. The van der Waals surface area contributed by atoms with Gasteiger partial charge in [-0.2, -0.15) is 11.8 Å². The zero-order valence-corrected chi connectivity index (χ0v) is 14.4. The van der Waals surface area contributed by atoms with Crippen molar-refractivity contribution in [3.8, 4) is 0 Å². The molecule has 21 heavy (non-hydrogen) atoms. The van der Waals surface area contributed by atoms with Crippen molar-refractivity contribution >= 4 is 46.2 Å². The van der Waals surface area contributed by atoms with Gasteiger partial charge in [-0.25, -0.2) is 0 Å². The van der Waals surface area contributed by atoms with Gasteiger partial charge in [-0.3, -0.25) is 4.79 Å². The second-order valence-corrected chi connectivity index (χ2v) is 8.50. The molecule has 1 fully saturated rings. The Morgan fingerprint density at radius 3 is 2.76 bits per heavy atom. The maximum absolute atomic E-state index is 12.6. The molecule has 0 atom stereocenters. The van der Waals surface area contributed by atoms with Crippen LogP contribution in [0.3, 0.4) is 0 Å². The molecule has 1 aromatic rings. The van der Waals surface area contributed by atoms with Crippen LogP contribution in [0, 0.1) is 0 Å². The van der Waals surface area contributed by atoms with E-state index in [0.717, 1.165) is 48.5 Å². The second-order valence-electron chi connectivity index (χ2n) is 5.82. The summed E-state index contributed by atoms with van der Waals surface area (Å²) in [6.07, 6.45) is 6.18. The standard InChI is InChI=1S/C15H20N2OS3/c16-14(19)15(5-2-1-3-6-15)17-13(18)12-8-10-9-20-7-4-11(10)21-12/h8H,1-7,9H2,(H2,16,19)(H,17,18).